The predicted octanol–water partition coefficient (Wildman–Crippen LogP) is 1.29. The fourth-order valence-electron chi connectivity index (χ4n) is 1.14. The molecular formula is C11H20N4O2. The Hall–Kier alpha value is -1.56. The molecule has 0 atom stereocenters. The first-order valence-electron chi connectivity index (χ1n) is 5.50. The largest absolute Gasteiger partial charge is 0.475 e. The number of nitrogens with two attached hydrogens (primary N) is 1. The number of ether oxygens (including phenoxy) is 2. The Labute approximate surface area is 102 Å². The molecule has 0 aliphatic rings. The minimum Gasteiger partial charge on any atom is -0.475 e. The maximum Gasteiger partial charge on any atom is 0.225 e. The van der Waals surface area contributed by atoms with Crippen molar-refractivity contribution in [2.45, 2.75) is 26.4 Å². The van der Waals surface area contributed by atoms with Gasteiger partial charge in [0.25, 0.3) is 0 Å². The zero-order valence-electron chi connectivity index (χ0n) is 10.8. The average molecular weight is 240 g/mol. The van der Waals surface area contributed by atoms with E-state index in [1.807, 2.05) is 20.8 Å². The highest BCUT2D eigenvalue weighted by atomic mass is 16.5. The summed E-state index contributed by atoms with van der Waals surface area (Å²) in [5.41, 5.74) is 5.37. The molecule has 1 rings (SSSR count). The van der Waals surface area contributed by atoms with Crippen LogP contribution >= 0.6 is 0 Å². The van der Waals surface area contributed by atoms with Gasteiger partial charge in [-0.3, -0.25) is 0 Å². The Balaban J connectivity index is 2.44. The Morgan fingerprint density at radius 1 is 1.29 bits per heavy atom. The lowest BCUT2D eigenvalue weighted by Gasteiger charge is -2.19. The summed E-state index contributed by atoms with van der Waals surface area (Å²) in [7, 11) is 1.76. The van der Waals surface area contributed by atoms with Crippen LogP contribution in [-0.2, 0) is 4.74 Å². The highest BCUT2D eigenvalue weighted by Gasteiger charge is 2.09. The van der Waals surface area contributed by atoms with Crippen molar-refractivity contribution in [2.75, 3.05) is 31.3 Å². The van der Waals surface area contributed by atoms with E-state index in [-0.39, 0.29) is 11.5 Å². The SMILES string of the molecule is CNc1cc(OCCOC(C)(C)C)nc(N)n1. The number of nitrogens with zero attached hydrogens (tertiary/aromatic N) is 2. The lowest BCUT2D eigenvalue weighted by Crippen LogP contribution is -2.22. The van der Waals surface area contributed by atoms with Crippen LogP contribution in [0.4, 0.5) is 11.8 Å². The van der Waals surface area contributed by atoms with Gasteiger partial charge in [-0.2, -0.15) is 9.97 Å². The zero-order chi connectivity index (χ0) is 12.9. The van der Waals surface area contributed by atoms with E-state index in [1.54, 1.807) is 13.1 Å². The van der Waals surface area contributed by atoms with Gasteiger partial charge in [0.1, 0.15) is 12.4 Å². The van der Waals surface area contributed by atoms with Gasteiger partial charge in [0.05, 0.1) is 12.2 Å². The van der Waals surface area contributed by atoms with Crippen molar-refractivity contribution in [1.82, 2.24) is 9.97 Å². The predicted molar refractivity (Wildman–Crippen MR) is 67.2 cm³/mol. The van der Waals surface area contributed by atoms with Crippen LogP contribution in [0.25, 0.3) is 0 Å². The Kier molecular flexibility index (Phi) is 4.51. The molecule has 6 heteroatoms. The van der Waals surface area contributed by atoms with Crippen LogP contribution in [0.2, 0.25) is 0 Å². The van der Waals surface area contributed by atoms with Crippen LogP contribution in [0.5, 0.6) is 5.88 Å². The Morgan fingerprint density at radius 3 is 2.59 bits per heavy atom. The van der Waals surface area contributed by atoms with Crippen molar-refractivity contribution in [3.63, 3.8) is 0 Å². The molecule has 0 saturated carbocycles. The number of nitrogen functional groups attached to an aromatic ring is 1. The normalized spacial score (nSPS) is 11.3. The van der Waals surface area contributed by atoms with Crippen molar-refractivity contribution in [1.29, 1.82) is 0 Å². The monoisotopic (exact) mass is 240 g/mol. The minimum absolute atomic E-state index is 0.163. The van der Waals surface area contributed by atoms with Crippen molar-refractivity contribution in [3.8, 4) is 5.88 Å². The standard InChI is InChI=1S/C11H20N4O2/c1-11(2,3)17-6-5-16-9-7-8(13-4)14-10(12)15-9/h7H,5-6H2,1-4H3,(H3,12,13,14,15). The number of aromatic nitrogens is 2. The highest BCUT2D eigenvalue weighted by molar-refractivity contribution is 5.41. The van der Waals surface area contributed by atoms with Crippen molar-refractivity contribution in [3.05, 3.63) is 6.07 Å². The van der Waals surface area contributed by atoms with Crippen molar-refractivity contribution < 1.29 is 9.47 Å². The van der Waals surface area contributed by atoms with Crippen LogP contribution in [0.15, 0.2) is 6.07 Å². The van der Waals surface area contributed by atoms with E-state index in [9.17, 15) is 0 Å². The van der Waals surface area contributed by atoms with Crippen molar-refractivity contribution >= 4 is 11.8 Å². The van der Waals surface area contributed by atoms with E-state index in [0.29, 0.717) is 24.9 Å². The van der Waals surface area contributed by atoms with Crippen LogP contribution in [-0.4, -0.2) is 35.8 Å². The minimum atomic E-state index is -0.163. The molecule has 96 valence electrons. The molecule has 6 nitrogen and oxygen atoms in total. The third-order valence-corrected chi connectivity index (χ3v) is 1.84. The van der Waals surface area contributed by atoms with Gasteiger partial charge >= 0.3 is 0 Å². The molecular weight excluding hydrogens is 220 g/mol. The third-order valence-electron chi connectivity index (χ3n) is 1.84. The summed E-state index contributed by atoms with van der Waals surface area (Å²) in [5.74, 6) is 1.26. The molecule has 1 heterocycles. The highest BCUT2D eigenvalue weighted by Crippen LogP contribution is 2.14. The van der Waals surface area contributed by atoms with E-state index in [4.69, 9.17) is 15.2 Å². The topological polar surface area (TPSA) is 82.3 Å². The van der Waals surface area contributed by atoms with Gasteiger partial charge in [0.15, 0.2) is 0 Å². The second-order valence-corrected chi connectivity index (χ2v) is 4.51. The number of hydrogen-bond donors (Lipinski definition) is 2. The van der Waals surface area contributed by atoms with Crippen LogP contribution in [0, 0.1) is 0 Å². The molecule has 0 aliphatic heterocycles. The number of nitrogens with one attached hydrogen (secondary N) is 1. The summed E-state index contributed by atoms with van der Waals surface area (Å²) in [6, 6.07) is 1.69. The number of rotatable bonds is 5. The maximum absolute atomic E-state index is 5.54. The number of anilines is 2. The molecule has 0 amide bonds. The lowest BCUT2D eigenvalue weighted by molar-refractivity contribution is -0.0168. The molecule has 0 spiro atoms. The van der Waals surface area contributed by atoms with E-state index in [0.717, 1.165) is 0 Å². The van der Waals surface area contributed by atoms with Crippen LogP contribution in [0.3, 0.4) is 0 Å². The average Bonchev–Trinajstić information content (AvgIpc) is 2.22. The van der Waals surface area contributed by atoms with Crippen molar-refractivity contribution in [2.24, 2.45) is 0 Å². The summed E-state index contributed by atoms with van der Waals surface area (Å²) < 4.78 is 11.0. The molecule has 1 aromatic rings. The molecule has 0 bridgehead atoms. The first kappa shape index (κ1) is 13.5. The molecule has 0 aromatic carbocycles. The maximum atomic E-state index is 5.54. The smallest absolute Gasteiger partial charge is 0.225 e. The van der Waals surface area contributed by atoms with Gasteiger partial charge in [0.2, 0.25) is 11.8 Å². The van der Waals surface area contributed by atoms with E-state index in [2.05, 4.69) is 15.3 Å². The van der Waals surface area contributed by atoms with E-state index in [1.165, 1.54) is 0 Å². The quantitative estimate of drug-likeness (QED) is 0.755. The van der Waals surface area contributed by atoms with Crippen LogP contribution < -0.4 is 15.8 Å². The fraction of sp³-hybridized carbons (Fsp3) is 0.636. The Bertz CT molecular complexity index is 363. The molecule has 1 aromatic heterocycles. The van der Waals surface area contributed by atoms with Gasteiger partial charge < -0.3 is 20.5 Å². The fourth-order valence-corrected chi connectivity index (χ4v) is 1.14. The number of hydrogen-bond acceptors (Lipinski definition) is 6. The van der Waals surface area contributed by atoms with E-state index < -0.39 is 0 Å². The third kappa shape index (κ3) is 5.35. The summed E-state index contributed by atoms with van der Waals surface area (Å²) in [6.45, 7) is 6.91. The zero-order valence-corrected chi connectivity index (χ0v) is 10.8. The molecule has 0 saturated heterocycles. The van der Waals surface area contributed by atoms with E-state index >= 15 is 0 Å². The Morgan fingerprint density at radius 2 is 2.00 bits per heavy atom. The molecule has 3 N–H and O–H groups in total. The second kappa shape index (κ2) is 5.67. The molecule has 0 fully saturated rings. The summed E-state index contributed by atoms with van der Waals surface area (Å²) >= 11 is 0. The summed E-state index contributed by atoms with van der Waals surface area (Å²) in [6.07, 6.45) is 0. The van der Waals surface area contributed by atoms with Gasteiger partial charge in [0, 0.05) is 13.1 Å². The summed E-state index contributed by atoms with van der Waals surface area (Å²) in [5, 5.41) is 2.88. The van der Waals surface area contributed by atoms with Gasteiger partial charge in [-0.1, -0.05) is 0 Å². The van der Waals surface area contributed by atoms with Gasteiger partial charge in [-0.25, -0.2) is 0 Å². The second-order valence-electron chi connectivity index (χ2n) is 4.51. The molecule has 0 aliphatic carbocycles. The van der Waals surface area contributed by atoms with Crippen LogP contribution in [0.1, 0.15) is 20.8 Å². The first-order valence-corrected chi connectivity index (χ1v) is 5.50. The molecule has 17 heavy (non-hydrogen) atoms. The van der Waals surface area contributed by atoms with Gasteiger partial charge in [-0.05, 0) is 20.8 Å². The summed E-state index contributed by atoms with van der Waals surface area (Å²) in [4.78, 5) is 7.93. The molecule has 0 unspecified atom stereocenters. The first-order chi connectivity index (χ1) is 7.90. The lowest BCUT2D eigenvalue weighted by atomic mass is 10.2. The van der Waals surface area contributed by atoms with Gasteiger partial charge in [-0.15, -0.1) is 0 Å². The molecule has 0 radical (unpaired) electrons.